The van der Waals surface area contributed by atoms with E-state index >= 15 is 0 Å². The fraction of sp³-hybridized carbons (Fsp3) is 0.711. The molecule has 0 saturated carbocycles. The van der Waals surface area contributed by atoms with Crippen molar-refractivity contribution in [2.24, 2.45) is 11.8 Å². The second kappa shape index (κ2) is 22.4. The molecule has 12 atom stereocenters. The smallest absolute Gasteiger partial charge is 0.303 e. The number of hydrogen-bond acceptors (Lipinski definition) is 21. The zero-order valence-corrected chi connectivity index (χ0v) is 34.3. The molecular formula is C38H52O21. The van der Waals surface area contributed by atoms with Gasteiger partial charge in [-0.05, 0) is 25.3 Å². The Bertz CT molecular complexity index is 1600. The van der Waals surface area contributed by atoms with Crippen molar-refractivity contribution in [1.29, 1.82) is 0 Å². The van der Waals surface area contributed by atoms with Gasteiger partial charge in [-0.1, -0.05) is 6.08 Å². The van der Waals surface area contributed by atoms with Crippen LogP contribution < -0.4 is 0 Å². The summed E-state index contributed by atoms with van der Waals surface area (Å²) >= 11 is 0. The second-order valence-corrected chi connectivity index (χ2v) is 14.0. The summed E-state index contributed by atoms with van der Waals surface area (Å²) in [4.78, 5) is 109. The van der Waals surface area contributed by atoms with Gasteiger partial charge in [0.1, 0.15) is 31.2 Å². The monoisotopic (exact) mass is 844 g/mol. The minimum Gasteiger partial charge on any atom is -0.463 e. The lowest BCUT2D eigenvalue weighted by Crippen LogP contribution is -2.63. The Hall–Kier alpha value is -4.99. The van der Waals surface area contributed by atoms with Crippen LogP contribution in [0.25, 0.3) is 0 Å². The number of ether oxygens (including phenoxy) is 12. The van der Waals surface area contributed by atoms with E-state index in [0.29, 0.717) is 18.4 Å². The van der Waals surface area contributed by atoms with Gasteiger partial charge in [0.2, 0.25) is 0 Å². The fourth-order valence-corrected chi connectivity index (χ4v) is 6.89. The van der Waals surface area contributed by atoms with Gasteiger partial charge in [0.15, 0.2) is 49.2 Å². The molecule has 3 rings (SSSR count). The van der Waals surface area contributed by atoms with Crippen LogP contribution in [0.4, 0.5) is 0 Å². The van der Waals surface area contributed by atoms with Crippen LogP contribution in [0.2, 0.25) is 0 Å². The average Bonchev–Trinajstić information content (AvgIpc) is 3.11. The van der Waals surface area contributed by atoms with Gasteiger partial charge < -0.3 is 56.8 Å². The zero-order valence-electron chi connectivity index (χ0n) is 34.3. The molecule has 0 bridgehead atoms. The molecule has 2 fully saturated rings. The van der Waals surface area contributed by atoms with E-state index in [4.69, 9.17) is 56.8 Å². The Morgan fingerprint density at radius 1 is 0.492 bits per heavy atom. The molecule has 21 nitrogen and oxygen atoms in total. The standard InChI is InChI=1S/C38H52O21/c1-17(39)28-11-10-26(13-50-37-35(56-24(8)46)33(54-22(6)44)31(52-20(4)42)29(58-37)15-48-18(2)40)12-27(28)14-51-38-36(57-25(9)47)34(55-23(7)45)32(53-21(5)43)30(59-38)16-49-19(3)41/h12,27-38H,10-11,13-16H2,1-9H3/t27?,28?,29-,30+,31-,32-,33-,34-,35+,36+,37+,38+/m0/s1. The molecule has 1 aliphatic carbocycles. The van der Waals surface area contributed by atoms with Crippen LogP contribution >= 0.6 is 0 Å². The van der Waals surface area contributed by atoms with E-state index < -0.39 is 134 Å². The molecule has 2 aliphatic heterocycles. The molecule has 2 heterocycles. The lowest BCUT2D eigenvalue weighted by atomic mass is 9.79. The highest BCUT2D eigenvalue weighted by atomic mass is 16.7. The Morgan fingerprint density at radius 2 is 0.864 bits per heavy atom. The Labute approximate surface area is 339 Å². The molecule has 0 aromatic rings. The van der Waals surface area contributed by atoms with Crippen LogP contribution in [0, 0.1) is 11.8 Å². The molecule has 0 amide bonds. The van der Waals surface area contributed by atoms with Gasteiger partial charge in [-0.2, -0.15) is 0 Å². The highest BCUT2D eigenvalue weighted by molar-refractivity contribution is 5.79. The molecule has 59 heavy (non-hydrogen) atoms. The quantitative estimate of drug-likeness (QED) is 0.111. The zero-order chi connectivity index (χ0) is 44.1. The number of ketones is 1. The second-order valence-electron chi connectivity index (χ2n) is 14.0. The number of esters is 8. The normalized spacial score (nSPS) is 30.3. The summed E-state index contributed by atoms with van der Waals surface area (Å²) in [5.74, 6) is -7.72. The third-order valence-corrected chi connectivity index (χ3v) is 9.05. The maximum Gasteiger partial charge on any atom is 0.303 e. The van der Waals surface area contributed by atoms with Gasteiger partial charge in [-0.15, -0.1) is 0 Å². The summed E-state index contributed by atoms with van der Waals surface area (Å²) < 4.78 is 67.2. The summed E-state index contributed by atoms with van der Waals surface area (Å²) in [5.41, 5.74) is 0.616. The van der Waals surface area contributed by atoms with Crippen molar-refractivity contribution >= 4 is 53.5 Å². The molecular weight excluding hydrogens is 792 g/mol. The average molecular weight is 845 g/mol. The minimum absolute atomic E-state index is 0.184. The lowest BCUT2D eigenvalue weighted by Gasteiger charge is -2.44. The maximum absolute atomic E-state index is 12.9. The molecule has 0 N–H and O–H groups in total. The summed E-state index contributed by atoms with van der Waals surface area (Å²) in [6.07, 6.45) is -11.8. The first-order chi connectivity index (χ1) is 27.7. The van der Waals surface area contributed by atoms with Gasteiger partial charge in [-0.3, -0.25) is 43.2 Å². The van der Waals surface area contributed by atoms with Gasteiger partial charge in [0.25, 0.3) is 0 Å². The van der Waals surface area contributed by atoms with E-state index in [2.05, 4.69) is 0 Å². The van der Waals surface area contributed by atoms with Crippen molar-refractivity contribution in [2.75, 3.05) is 26.4 Å². The highest BCUT2D eigenvalue weighted by Gasteiger charge is 2.54. The minimum atomic E-state index is -1.50. The van der Waals surface area contributed by atoms with E-state index in [0.717, 1.165) is 55.4 Å². The number of carbonyl (C=O) groups is 9. The van der Waals surface area contributed by atoms with Gasteiger partial charge >= 0.3 is 47.8 Å². The van der Waals surface area contributed by atoms with Crippen LogP contribution in [0.1, 0.15) is 75.2 Å². The third-order valence-electron chi connectivity index (χ3n) is 9.05. The summed E-state index contributed by atoms with van der Waals surface area (Å²) in [5, 5.41) is 0. The van der Waals surface area contributed by atoms with Crippen molar-refractivity contribution in [3.63, 3.8) is 0 Å². The summed E-state index contributed by atoms with van der Waals surface area (Å²) in [7, 11) is 0. The third kappa shape index (κ3) is 15.0. The van der Waals surface area contributed by atoms with Crippen LogP contribution in [-0.2, 0) is 100.0 Å². The fourth-order valence-electron chi connectivity index (χ4n) is 6.89. The van der Waals surface area contributed by atoms with E-state index in [9.17, 15) is 43.2 Å². The van der Waals surface area contributed by atoms with E-state index in [1.165, 1.54) is 6.92 Å². The highest BCUT2D eigenvalue weighted by Crippen LogP contribution is 2.35. The van der Waals surface area contributed by atoms with Crippen molar-refractivity contribution in [3.8, 4) is 0 Å². The molecule has 2 saturated heterocycles. The first-order valence-electron chi connectivity index (χ1n) is 18.7. The van der Waals surface area contributed by atoms with Crippen molar-refractivity contribution in [1.82, 2.24) is 0 Å². The molecule has 0 aromatic carbocycles. The molecule has 21 heteroatoms. The van der Waals surface area contributed by atoms with Crippen LogP contribution in [-0.4, -0.2) is 141 Å². The number of Topliss-reactive ketones (excluding diaryl/α,β-unsaturated/α-hetero) is 1. The molecule has 0 aromatic heterocycles. The van der Waals surface area contributed by atoms with Crippen LogP contribution in [0.5, 0.6) is 0 Å². The first-order valence-corrected chi connectivity index (χ1v) is 18.7. The van der Waals surface area contributed by atoms with E-state index in [-0.39, 0.29) is 19.0 Å². The molecule has 330 valence electrons. The molecule has 2 unspecified atom stereocenters. The SMILES string of the molecule is CC(=O)OC[C@@H]1O[C@@H](OCC2=CC(CO[C@@H]3O[C@H](COC(C)=O)[C@H](OC(C)=O)[C@H](OC(C)=O)[C@H]3OC(C)=O)C(C(C)=O)CC2)[C@H](OC(C)=O)[C@@H](OC(C)=O)[C@H]1OC(C)=O. The summed E-state index contributed by atoms with van der Waals surface area (Å²) in [6.45, 7) is 8.83. The van der Waals surface area contributed by atoms with Crippen LogP contribution in [0.3, 0.4) is 0 Å². The Morgan fingerprint density at radius 3 is 1.24 bits per heavy atom. The Balaban J connectivity index is 1.94. The predicted octanol–water partition coefficient (Wildman–Crippen LogP) is 0.727. The molecule has 0 radical (unpaired) electrons. The lowest BCUT2D eigenvalue weighted by molar-refractivity contribution is -0.309. The molecule has 3 aliphatic rings. The van der Waals surface area contributed by atoms with Crippen molar-refractivity contribution < 1.29 is 100.0 Å². The van der Waals surface area contributed by atoms with Gasteiger partial charge in [-0.25, -0.2) is 0 Å². The van der Waals surface area contributed by atoms with Gasteiger partial charge in [0, 0.05) is 67.2 Å². The predicted molar refractivity (Wildman–Crippen MR) is 191 cm³/mol. The maximum atomic E-state index is 12.9. The number of rotatable bonds is 17. The Kier molecular flexibility index (Phi) is 18.4. The van der Waals surface area contributed by atoms with Gasteiger partial charge in [0.05, 0.1) is 13.2 Å². The van der Waals surface area contributed by atoms with Crippen molar-refractivity contribution in [3.05, 3.63) is 11.6 Å². The number of hydrogen-bond donors (Lipinski definition) is 0. The largest absolute Gasteiger partial charge is 0.463 e. The van der Waals surface area contributed by atoms with Crippen molar-refractivity contribution in [2.45, 2.75) is 137 Å². The number of carbonyl (C=O) groups excluding carboxylic acids is 9. The molecule has 0 spiro atoms. The summed E-state index contributed by atoms with van der Waals surface area (Å²) in [6, 6.07) is 0. The van der Waals surface area contributed by atoms with E-state index in [1.807, 2.05) is 0 Å². The van der Waals surface area contributed by atoms with Crippen LogP contribution in [0.15, 0.2) is 11.6 Å². The first kappa shape index (κ1) is 48.4. The topological polar surface area (TPSA) is 264 Å². The van der Waals surface area contributed by atoms with E-state index in [1.54, 1.807) is 6.08 Å².